The fourth-order valence-corrected chi connectivity index (χ4v) is 2.03. The zero-order valence-corrected chi connectivity index (χ0v) is 8.84. The number of hydrogen-bond acceptors (Lipinski definition) is 1. The lowest BCUT2D eigenvalue weighted by Gasteiger charge is -2.32. The molecule has 1 unspecified atom stereocenters. The van der Waals surface area contributed by atoms with Gasteiger partial charge in [0.25, 0.3) is 0 Å². The SMILES string of the molecule is CC(C)CCC1CCCCN1C. The topological polar surface area (TPSA) is 3.24 Å². The fraction of sp³-hybridized carbons (Fsp3) is 1.00. The standard InChI is InChI=1S/C11H23N/c1-10(2)7-8-11-6-4-5-9-12(11)3/h10-11H,4-9H2,1-3H3. The number of hydrogen-bond donors (Lipinski definition) is 0. The molecule has 1 atom stereocenters. The van der Waals surface area contributed by atoms with Crippen LogP contribution in [0, 0.1) is 5.92 Å². The van der Waals surface area contributed by atoms with E-state index in [-0.39, 0.29) is 0 Å². The van der Waals surface area contributed by atoms with Crippen molar-refractivity contribution in [3.8, 4) is 0 Å². The van der Waals surface area contributed by atoms with Crippen LogP contribution in [-0.2, 0) is 0 Å². The molecule has 0 aromatic carbocycles. The third-order valence-corrected chi connectivity index (χ3v) is 3.00. The molecular formula is C11H23N. The number of piperidine rings is 1. The Morgan fingerprint density at radius 1 is 1.33 bits per heavy atom. The van der Waals surface area contributed by atoms with Crippen molar-refractivity contribution in [2.45, 2.75) is 52.0 Å². The molecule has 1 nitrogen and oxygen atoms in total. The van der Waals surface area contributed by atoms with Crippen LogP contribution in [0.5, 0.6) is 0 Å². The Hall–Kier alpha value is -0.0400. The lowest BCUT2D eigenvalue weighted by Crippen LogP contribution is -2.36. The van der Waals surface area contributed by atoms with Gasteiger partial charge >= 0.3 is 0 Å². The van der Waals surface area contributed by atoms with Gasteiger partial charge in [0.05, 0.1) is 0 Å². The normalized spacial score (nSPS) is 26.5. The Morgan fingerprint density at radius 2 is 2.08 bits per heavy atom. The van der Waals surface area contributed by atoms with Gasteiger partial charge in [-0.3, -0.25) is 0 Å². The largest absolute Gasteiger partial charge is 0.303 e. The first-order chi connectivity index (χ1) is 5.70. The van der Waals surface area contributed by atoms with Crippen molar-refractivity contribution in [2.75, 3.05) is 13.6 Å². The number of rotatable bonds is 3. The van der Waals surface area contributed by atoms with Crippen molar-refractivity contribution in [1.82, 2.24) is 4.90 Å². The van der Waals surface area contributed by atoms with E-state index >= 15 is 0 Å². The number of likely N-dealkylation sites (tertiary alicyclic amines) is 1. The first-order valence-electron chi connectivity index (χ1n) is 5.40. The Labute approximate surface area is 77.1 Å². The van der Waals surface area contributed by atoms with Gasteiger partial charge in [-0.25, -0.2) is 0 Å². The zero-order valence-electron chi connectivity index (χ0n) is 8.84. The van der Waals surface area contributed by atoms with Crippen LogP contribution in [0.15, 0.2) is 0 Å². The van der Waals surface area contributed by atoms with E-state index < -0.39 is 0 Å². The van der Waals surface area contributed by atoms with Crippen molar-refractivity contribution < 1.29 is 0 Å². The molecule has 0 aromatic rings. The molecule has 1 fully saturated rings. The first kappa shape index (κ1) is 10.0. The highest BCUT2D eigenvalue weighted by molar-refractivity contribution is 4.74. The van der Waals surface area contributed by atoms with Crippen molar-refractivity contribution in [2.24, 2.45) is 5.92 Å². The summed E-state index contributed by atoms with van der Waals surface area (Å²) in [4.78, 5) is 2.55. The van der Waals surface area contributed by atoms with Gasteiger partial charge in [-0.1, -0.05) is 20.3 Å². The van der Waals surface area contributed by atoms with Gasteiger partial charge in [0.2, 0.25) is 0 Å². The van der Waals surface area contributed by atoms with Crippen LogP contribution in [0.25, 0.3) is 0 Å². The maximum atomic E-state index is 2.55. The van der Waals surface area contributed by atoms with Gasteiger partial charge < -0.3 is 4.90 Å². The van der Waals surface area contributed by atoms with E-state index in [1.165, 1.54) is 38.6 Å². The summed E-state index contributed by atoms with van der Waals surface area (Å²) < 4.78 is 0. The molecule has 0 N–H and O–H groups in total. The highest BCUT2D eigenvalue weighted by Crippen LogP contribution is 2.20. The maximum Gasteiger partial charge on any atom is 0.00923 e. The van der Waals surface area contributed by atoms with Crippen molar-refractivity contribution in [1.29, 1.82) is 0 Å². The molecule has 0 aromatic heterocycles. The molecule has 0 bridgehead atoms. The van der Waals surface area contributed by atoms with Crippen LogP contribution in [-0.4, -0.2) is 24.5 Å². The molecule has 0 aliphatic carbocycles. The van der Waals surface area contributed by atoms with Crippen LogP contribution < -0.4 is 0 Å². The van der Waals surface area contributed by atoms with Crippen LogP contribution >= 0.6 is 0 Å². The lowest BCUT2D eigenvalue weighted by atomic mass is 9.95. The Bertz CT molecular complexity index is 120. The van der Waals surface area contributed by atoms with Gasteiger partial charge in [-0.15, -0.1) is 0 Å². The molecule has 0 spiro atoms. The quantitative estimate of drug-likeness (QED) is 0.628. The molecule has 0 saturated carbocycles. The van der Waals surface area contributed by atoms with Gasteiger partial charge in [-0.05, 0) is 45.2 Å². The second-order valence-electron chi connectivity index (χ2n) is 4.60. The third kappa shape index (κ3) is 3.14. The average Bonchev–Trinajstić information content (AvgIpc) is 2.03. The lowest BCUT2D eigenvalue weighted by molar-refractivity contribution is 0.169. The summed E-state index contributed by atoms with van der Waals surface area (Å²) >= 11 is 0. The van der Waals surface area contributed by atoms with Gasteiger partial charge in [-0.2, -0.15) is 0 Å². The Kier molecular flexibility index (Phi) is 4.07. The van der Waals surface area contributed by atoms with E-state index in [9.17, 15) is 0 Å². The van der Waals surface area contributed by atoms with E-state index in [4.69, 9.17) is 0 Å². The van der Waals surface area contributed by atoms with Gasteiger partial charge in [0, 0.05) is 6.04 Å². The maximum absolute atomic E-state index is 2.55. The van der Waals surface area contributed by atoms with Crippen LogP contribution in [0.2, 0.25) is 0 Å². The Balaban J connectivity index is 2.20. The van der Waals surface area contributed by atoms with E-state index in [0.29, 0.717) is 0 Å². The van der Waals surface area contributed by atoms with Gasteiger partial charge in [0.1, 0.15) is 0 Å². The minimum Gasteiger partial charge on any atom is -0.303 e. The predicted octanol–water partition coefficient (Wildman–Crippen LogP) is 2.91. The number of nitrogens with zero attached hydrogens (tertiary/aromatic N) is 1. The van der Waals surface area contributed by atoms with E-state index in [1.54, 1.807) is 0 Å². The highest BCUT2D eigenvalue weighted by atomic mass is 15.1. The van der Waals surface area contributed by atoms with E-state index in [2.05, 4.69) is 25.8 Å². The zero-order chi connectivity index (χ0) is 8.97. The molecule has 72 valence electrons. The second-order valence-corrected chi connectivity index (χ2v) is 4.60. The molecule has 0 radical (unpaired) electrons. The molecule has 1 saturated heterocycles. The van der Waals surface area contributed by atoms with Crippen molar-refractivity contribution >= 4 is 0 Å². The van der Waals surface area contributed by atoms with Gasteiger partial charge in [0.15, 0.2) is 0 Å². The summed E-state index contributed by atoms with van der Waals surface area (Å²) in [6.07, 6.45) is 7.11. The predicted molar refractivity (Wildman–Crippen MR) is 54.3 cm³/mol. The molecule has 12 heavy (non-hydrogen) atoms. The van der Waals surface area contributed by atoms with Crippen LogP contribution in [0.3, 0.4) is 0 Å². The summed E-state index contributed by atoms with van der Waals surface area (Å²) in [5.41, 5.74) is 0. The fourth-order valence-electron chi connectivity index (χ4n) is 2.03. The van der Waals surface area contributed by atoms with Crippen molar-refractivity contribution in [3.63, 3.8) is 0 Å². The minimum absolute atomic E-state index is 0.875. The molecule has 1 heterocycles. The molecule has 1 heteroatoms. The smallest absolute Gasteiger partial charge is 0.00923 e. The average molecular weight is 169 g/mol. The summed E-state index contributed by atoms with van der Waals surface area (Å²) in [5.74, 6) is 0.875. The second kappa shape index (κ2) is 4.86. The molecule has 1 aliphatic heterocycles. The highest BCUT2D eigenvalue weighted by Gasteiger charge is 2.18. The first-order valence-corrected chi connectivity index (χ1v) is 5.40. The summed E-state index contributed by atoms with van der Waals surface area (Å²) in [6, 6.07) is 0.890. The molecular weight excluding hydrogens is 146 g/mol. The monoisotopic (exact) mass is 169 g/mol. The van der Waals surface area contributed by atoms with E-state index in [1.807, 2.05) is 0 Å². The van der Waals surface area contributed by atoms with Crippen molar-refractivity contribution in [3.05, 3.63) is 0 Å². The summed E-state index contributed by atoms with van der Waals surface area (Å²) in [5, 5.41) is 0. The summed E-state index contributed by atoms with van der Waals surface area (Å²) in [6.45, 7) is 5.97. The summed E-state index contributed by atoms with van der Waals surface area (Å²) in [7, 11) is 2.28. The minimum atomic E-state index is 0.875. The van der Waals surface area contributed by atoms with Crippen LogP contribution in [0.1, 0.15) is 46.0 Å². The third-order valence-electron chi connectivity index (χ3n) is 3.00. The molecule has 1 aliphatic rings. The van der Waals surface area contributed by atoms with E-state index in [0.717, 1.165) is 12.0 Å². The molecule has 0 amide bonds. The molecule has 1 rings (SSSR count). The van der Waals surface area contributed by atoms with Crippen LogP contribution in [0.4, 0.5) is 0 Å². The Morgan fingerprint density at radius 3 is 2.67 bits per heavy atom.